The summed E-state index contributed by atoms with van der Waals surface area (Å²) in [5.74, 6) is -4.48. The van der Waals surface area contributed by atoms with Gasteiger partial charge in [0.05, 0.1) is 4.90 Å². The van der Waals surface area contributed by atoms with Gasteiger partial charge in [-0.05, 0) is 49.6 Å². The first-order valence-corrected chi connectivity index (χ1v) is 10.8. The number of hydrogen-bond acceptors (Lipinski definition) is 6. The molecule has 1 heterocycles. The van der Waals surface area contributed by atoms with Gasteiger partial charge in [-0.3, -0.25) is 0 Å². The summed E-state index contributed by atoms with van der Waals surface area (Å²) in [5, 5.41) is 9.77. The third-order valence-corrected chi connectivity index (χ3v) is 6.78. The number of sulfonamides is 1. The summed E-state index contributed by atoms with van der Waals surface area (Å²) in [6.07, 6.45) is 2.85. The Morgan fingerprint density at radius 3 is 2.63 bits per heavy atom. The van der Waals surface area contributed by atoms with Gasteiger partial charge in [0, 0.05) is 18.6 Å². The lowest BCUT2D eigenvalue weighted by Gasteiger charge is -2.29. The van der Waals surface area contributed by atoms with Gasteiger partial charge >= 0.3 is 11.9 Å². The molecule has 160 valence electrons. The number of rotatable bonds is 7. The van der Waals surface area contributed by atoms with Crippen LogP contribution < -0.4 is 14.2 Å². The number of carboxylic acid groups (broad SMARTS) is 1. The Morgan fingerprint density at radius 2 is 1.97 bits per heavy atom. The first kappa shape index (κ1) is 20.6. The lowest BCUT2D eigenvalue weighted by molar-refractivity contribution is -0.207. The van der Waals surface area contributed by atoms with Crippen LogP contribution in [-0.4, -0.2) is 38.6 Å². The van der Waals surface area contributed by atoms with Crippen LogP contribution in [0.25, 0.3) is 0 Å². The Balaban J connectivity index is 1.68. The summed E-state index contributed by atoms with van der Waals surface area (Å²) in [5.41, 5.74) is 0.895. The first-order chi connectivity index (χ1) is 14.3. The number of benzene rings is 2. The molecule has 0 aromatic heterocycles. The molecule has 1 saturated carbocycles. The number of aliphatic carboxylic acids is 1. The second kappa shape index (κ2) is 7.53. The third-order valence-electron chi connectivity index (χ3n) is 5.35. The minimum Gasteiger partial charge on any atom is -0.486 e. The molecule has 1 aliphatic heterocycles. The van der Waals surface area contributed by atoms with E-state index >= 15 is 0 Å². The van der Waals surface area contributed by atoms with Crippen molar-refractivity contribution in [3.63, 3.8) is 0 Å². The maximum atomic E-state index is 13.1. The van der Waals surface area contributed by atoms with Gasteiger partial charge in [-0.2, -0.15) is 0 Å². The Kier molecular flexibility index (Phi) is 5.16. The van der Waals surface area contributed by atoms with Crippen molar-refractivity contribution in [2.45, 2.75) is 42.1 Å². The second-order valence-electron chi connectivity index (χ2n) is 7.16. The Morgan fingerprint density at radius 1 is 1.23 bits per heavy atom. The maximum absolute atomic E-state index is 13.1. The molecule has 10 heteroatoms. The maximum Gasteiger partial charge on any atom is 0.396 e. The van der Waals surface area contributed by atoms with E-state index in [1.54, 1.807) is 6.07 Å². The van der Waals surface area contributed by atoms with Crippen LogP contribution in [0.3, 0.4) is 0 Å². The van der Waals surface area contributed by atoms with Crippen LogP contribution in [0.1, 0.15) is 30.7 Å². The largest absolute Gasteiger partial charge is 0.486 e. The van der Waals surface area contributed by atoms with Crippen LogP contribution in [0.2, 0.25) is 0 Å². The highest BCUT2D eigenvalue weighted by molar-refractivity contribution is 7.89. The van der Waals surface area contributed by atoms with Crippen molar-refractivity contribution in [1.82, 2.24) is 4.72 Å². The molecule has 4 rings (SSSR count). The predicted molar refractivity (Wildman–Crippen MR) is 102 cm³/mol. The number of halogens is 1. The summed E-state index contributed by atoms with van der Waals surface area (Å²) in [6.45, 7) is 0. The van der Waals surface area contributed by atoms with Gasteiger partial charge in [0.15, 0.2) is 11.5 Å². The summed E-state index contributed by atoms with van der Waals surface area (Å²) in [6, 6.07) is 8.96. The fourth-order valence-corrected chi connectivity index (χ4v) is 5.07. The number of carboxylic acids is 1. The molecule has 2 N–H and O–H groups in total. The van der Waals surface area contributed by atoms with Gasteiger partial charge in [0.2, 0.25) is 10.0 Å². The van der Waals surface area contributed by atoms with E-state index in [9.17, 15) is 22.7 Å². The number of methoxy groups -OCH3 is 1. The van der Waals surface area contributed by atoms with Gasteiger partial charge in [0.1, 0.15) is 11.9 Å². The van der Waals surface area contributed by atoms with E-state index < -0.39 is 27.7 Å². The molecule has 0 bridgehead atoms. The molecule has 0 spiro atoms. The number of nitrogens with one attached hydrogen (secondary N) is 1. The molecule has 1 aliphatic carbocycles. The SMILES string of the molecule is COC(NS(=O)(=O)c1ccc(F)cc1)(Oc1cccc2c1OC1CCCC21)C(=O)O. The van der Waals surface area contributed by atoms with Gasteiger partial charge in [-0.15, -0.1) is 4.72 Å². The molecule has 3 atom stereocenters. The molecule has 8 nitrogen and oxygen atoms in total. The van der Waals surface area contributed by atoms with Crippen molar-refractivity contribution in [3.8, 4) is 11.5 Å². The van der Waals surface area contributed by atoms with E-state index in [1.165, 1.54) is 6.07 Å². The standard InChI is InChI=1S/C20H20FNO7S/c1-27-20(19(23)24,22-30(25,26)13-10-8-12(21)9-11-13)29-17-7-3-5-15-14-4-2-6-16(14)28-18(15)17/h3,5,7-11,14,16,22H,2,4,6H2,1H3,(H,23,24). The molecule has 2 aliphatic rings. The van der Waals surface area contributed by atoms with E-state index in [1.807, 2.05) is 10.8 Å². The van der Waals surface area contributed by atoms with Crippen molar-refractivity contribution >= 4 is 16.0 Å². The van der Waals surface area contributed by atoms with Crippen LogP contribution in [0.5, 0.6) is 11.5 Å². The number of para-hydroxylation sites is 1. The fraction of sp³-hybridized carbons (Fsp3) is 0.350. The number of fused-ring (bicyclic) bond motifs is 3. The third kappa shape index (κ3) is 3.51. The van der Waals surface area contributed by atoms with Gasteiger partial charge < -0.3 is 19.3 Å². The Bertz CT molecular complexity index is 1070. The fourth-order valence-electron chi connectivity index (χ4n) is 3.89. The lowest BCUT2D eigenvalue weighted by Crippen LogP contribution is -2.60. The van der Waals surface area contributed by atoms with Crippen LogP contribution in [0.15, 0.2) is 47.4 Å². The zero-order chi connectivity index (χ0) is 21.5. The van der Waals surface area contributed by atoms with Crippen molar-refractivity contribution < 1.29 is 36.9 Å². The van der Waals surface area contributed by atoms with Crippen LogP contribution in [0, 0.1) is 5.82 Å². The van der Waals surface area contributed by atoms with E-state index in [4.69, 9.17) is 14.2 Å². The smallest absolute Gasteiger partial charge is 0.396 e. The molecule has 0 saturated heterocycles. The van der Waals surface area contributed by atoms with Crippen LogP contribution in [0.4, 0.5) is 4.39 Å². The summed E-state index contributed by atoms with van der Waals surface area (Å²) in [4.78, 5) is 11.7. The summed E-state index contributed by atoms with van der Waals surface area (Å²) >= 11 is 0. The van der Waals surface area contributed by atoms with Crippen molar-refractivity contribution in [2.75, 3.05) is 7.11 Å². The first-order valence-electron chi connectivity index (χ1n) is 9.32. The highest BCUT2D eigenvalue weighted by Gasteiger charge is 2.48. The molecular weight excluding hydrogens is 417 g/mol. The lowest BCUT2D eigenvalue weighted by atomic mass is 9.97. The van der Waals surface area contributed by atoms with Crippen molar-refractivity contribution in [3.05, 3.63) is 53.8 Å². The Labute approximate surface area is 172 Å². The average Bonchev–Trinajstić information content (AvgIpc) is 3.29. The quantitative estimate of drug-likeness (QED) is 0.641. The van der Waals surface area contributed by atoms with E-state index in [0.29, 0.717) is 5.75 Å². The predicted octanol–water partition coefficient (Wildman–Crippen LogP) is 2.60. The minimum absolute atomic E-state index is 0.0116. The number of ether oxygens (including phenoxy) is 3. The zero-order valence-corrected chi connectivity index (χ0v) is 16.8. The van der Waals surface area contributed by atoms with Crippen molar-refractivity contribution in [2.24, 2.45) is 0 Å². The van der Waals surface area contributed by atoms with E-state index in [2.05, 4.69) is 0 Å². The van der Waals surface area contributed by atoms with E-state index in [-0.39, 0.29) is 22.7 Å². The van der Waals surface area contributed by atoms with Gasteiger partial charge in [-0.1, -0.05) is 12.1 Å². The summed E-state index contributed by atoms with van der Waals surface area (Å²) < 4.78 is 57.1. The van der Waals surface area contributed by atoms with Gasteiger partial charge in [-0.25, -0.2) is 17.6 Å². The zero-order valence-electron chi connectivity index (χ0n) is 16.0. The normalized spacial score (nSPS) is 21.9. The molecule has 1 fully saturated rings. The topological polar surface area (TPSA) is 111 Å². The molecule has 0 amide bonds. The second-order valence-corrected chi connectivity index (χ2v) is 8.84. The number of carbonyl (C=O) groups is 1. The van der Waals surface area contributed by atoms with E-state index in [0.717, 1.165) is 56.2 Å². The monoisotopic (exact) mass is 437 g/mol. The molecule has 2 aromatic rings. The number of hydrogen-bond donors (Lipinski definition) is 2. The molecule has 30 heavy (non-hydrogen) atoms. The minimum atomic E-state index is -4.43. The molecule has 2 aromatic carbocycles. The highest BCUT2D eigenvalue weighted by Crippen LogP contribution is 2.51. The van der Waals surface area contributed by atoms with Gasteiger partial charge in [0.25, 0.3) is 0 Å². The van der Waals surface area contributed by atoms with Crippen LogP contribution in [-0.2, 0) is 19.6 Å². The molecule has 3 unspecified atom stereocenters. The molecule has 0 radical (unpaired) electrons. The Hall–Kier alpha value is -2.69. The highest BCUT2D eigenvalue weighted by atomic mass is 32.2. The van der Waals surface area contributed by atoms with Crippen molar-refractivity contribution in [1.29, 1.82) is 0 Å². The average molecular weight is 437 g/mol. The molecular formula is C20H20FNO7S. The van der Waals surface area contributed by atoms with Crippen LogP contribution >= 0.6 is 0 Å². The summed E-state index contributed by atoms with van der Waals surface area (Å²) in [7, 11) is -3.43.